The van der Waals surface area contributed by atoms with Crippen molar-refractivity contribution >= 4 is 5.91 Å². The maximum atomic E-state index is 14.4. The summed E-state index contributed by atoms with van der Waals surface area (Å²) in [6.07, 6.45) is -2.16. The Morgan fingerprint density at radius 1 is 1.16 bits per heavy atom. The van der Waals surface area contributed by atoms with E-state index in [0.29, 0.717) is 6.54 Å². The summed E-state index contributed by atoms with van der Waals surface area (Å²) in [6.45, 7) is 2.08. The van der Waals surface area contributed by atoms with E-state index in [0.717, 1.165) is 18.2 Å². The molecule has 0 aliphatic carbocycles. The van der Waals surface area contributed by atoms with Gasteiger partial charge in [0.15, 0.2) is 0 Å². The monoisotopic (exact) mass is 435 g/mol. The van der Waals surface area contributed by atoms with Crippen LogP contribution in [0.5, 0.6) is 5.75 Å². The van der Waals surface area contributed by atoms with E-state index in [-0.39, 0.29) is 22.4 Å². The third-order valence-corrected chi connectivity index (χ3v) is 4.37. The van der Waals surface area contributed by atoms with E-state index >= 15 is 0 Å². The number of alkyl halides is 3. The molecular weight excluding hydrogens is 418 g/mol. The normalized spacial score (nSPS) is 12.3. The Morgan fingerprint density at radius 3 is 2.48 bits per heavy atom. The molecule has 0 fully saturated rings. The first-order valence-electron chi connectivity index (χ1n) is 9.15. The van der Waals surface area contributed by atoms with Crippen LogP contribution in [0.1, 0.15) is 34.6 Å². The smallest absolute Gasteiger partial charge is 0.406 e. The zero-order valence-corrected chi connectivity index (χ0v) is 16.2. The van der Waals surface area contributed by atoms with Gasteiger partial charge in [-0.3, -0.25) is 14.6 Å². The number of carbonyl (C=O) groups is 1. The van der Waals surface area contributed by atoms with Crippen molar-refractivity contribution in [1.29, 1.82) is 0 Å². The summed E-state index contributed by atoms with van der Waals surface area (Å²) in [6, 6.07) is 8.64. The van der Waals surface area contributed by atoms with Crippen LogP contribution in [0.2, 0.25) is 0 Å². The van der Waals surface area contributed by atoms with E-state index in [4.69, 9.17) is 0 Å². The summed E-state index contributed by atoms with van der Waals surface area (Å²) in [4.78, 5) is 28.5. The molecule has 3 aromatic rings. The molecule has 162 valence electrons. The molecule has 0 saturated carbocycles. The van der Waals surface area contributed by atoms with Crippen LogP contribution in [-0.2, 0) is 6.54 Å². The first-order valence-corrected chi connectivity index (χ1v) is 9.15. The van der Waals surface area contributed by atoms with Crippen LogP contribution in [0.15, 0.2) is 65.7 Å². The van der Waals surface area contributed by atoms with Crippen LogP contribution in [0.3, 0.4) is 0 Å². The highest BCUT2D eigenvalue weighted by Crippen LogP contribution is 2.27. The van der Waals surface area contributed by atoms with E-state index in [1.165, 1.54) is 47.3 Å². The van der Waals surface area contributed by atoms with Gasteiger partial charge in [-0.1, -0.05) is 12.1 Å². The molecule has 0 aliphatic heterocycles. The molecule has 31 heavy (non-hydrogen) atoms. The van der Waals surface area contributed by atoms with E-state index in [1.807, 2.05) is 0 Å². The number of benzene rings is 1. The molecule has 0 spiro atoms. The van der Waals surface area contributed by atoms with Crippen LogP contribution in [-0.4, -0.2) is 21.8 Å². The average Bonchev–Trinajstić information content (AvgIpc) is 2.72. The summed E-state index contributed by atoms with van der Waals surface area (Å²) in [5.74, 6) is -1.78. The fourth-order valence-corrected chi connectivity index (χ4v) is 2.91. The summed E-state index contributed by atoms with van der Waals surface area (Å²) in [7, 11) is 0. The van der Waals surface area contributed by atoms with Gasteiger partial charge in [0.1, 0.15) is 17.3 Å². The minimum absolute atomic E-state index is 0.121. The van der Waals surface area contributed by atoms with Crippen LogP contribution in [0.4, 0.5) is 17.6 Å². The van der Waals surface area contributed by atoms with Crippen molar-refractivity contribution in [3.63, 3.8) is 0 Å². The number of amides is 1. The maximum absolute atomic E-state index is 14.4. The average molecular weight is 435 g/mol. The van der Waals surface area contributed by atoms with Gasteiger partial charge >= 0.3 is 6.36 Å². The highest BCUT2D eigenvalue weighted by atomic mass is 19.4. The number of hydrogen-bond acceptors (Lipinski definition) is 4. The van der Waals surface area contributed by atoms with Gasteiger partial charge in [-0.15, -0.1) is 13.2 Å². The third kappa shape index (κ3) is 5.47. The van der Waals surface area contributed by atoms with Gasteiger partial charge in [0, 0.05) is 25.0 Å². The van der Waals surface area contributed by atoms with Crippen molar-refractivity contribution in [2.45, 2.75) is 25.9 Å². The van der Waals surface area contributed by atoms with Crippen molar-refractivity contribution in [2.24, 2.45) is 0 Å². The first-order chi connectivity index (χ1) is 14.7. The van der Waals surface area contributed by atoms with Gasteiger partial charge in [-0.25, -0.2) is 4.39 Å². The predicted octanol–water partition coefficient (Wildman–Crippen LogP) is 3.82. The number of aryl methyl sites for hydroxylation is 1. The Kier molecular flexibility index (Phi) is 6.38. The van der Waals surface area contributed by atoms with Crippen molar-refractivity contribution in [1.82, 2.24) is 14.9 Å². The largest absolute Gasteiger partial charge is 0.573 e. The zero-order valence-electron chi connectivity index (χ0n) is 16.2. The third-order valence-electron chi connectivity index (χ3n) is 4.37. The van der Waals surface area contributed by atoms with E-state index in [9.17, 15) is 27.2 Å². The van der Waals surface area contributed by atoms with Crippen LogP contribution in [0, 0.1) is 5.82 Å². The first kappa shape index (κ1) is 22.0. The minimum Gasteiger partial charge on any atom is -0.406 e. The molecule has 0 unspecified atom stereocenters. The van der Waals surface area contributed by atoms with Gasteiger partial charge in [-0.05, 0) is 42.8 Å². The van der Waals surface area contributed by atoms with Crippen LogP contribution >= 0.6 is 0 Å². The second-order valence-corrected chi connectivity index (χ2v) is 6.44. The summed E-state index contributed by atoms with van der Waals surface area (Å²) < 4.78 is 56.8. The second kappa shape index (κ2) is 8.99. The number of ether oxygens (including phenoxy) is 1. The summed E-state index contributed by atoms with van der Waals surface area (Å²) in [5, 5.41) is 2.63. The van der Waals surface area contributed by atoms with Crippen molar-refractivity contribution in [3.8, 4) is 5.75 Å². The van der Waals surface area contributed by atoms with Crippen LogP contribution in [0.25, 0.3) is 0 Å². The summed E-state index contributed by atoms with van der Waals surface area (Å²) >= 11 is 0. The topological polar surface area (TPSA) is 73.2 Å². The quantitative estimate of drug-likeness (QED) is 0.598. The molecule has 0 radical (unpaired) electrons. The Labute approximate surface area is 174 Å². The van der Waals surface area contributed by atoms with Crippen molar-refractivity contribution in [2.75, 3.05) is 0 Å². The molecule has 1 aromatic carbocycles. The van der Waals surface area contributed by atoms with E-state index < -0.39 is 29.9 Å². The van der Waals surface area contributed by atoms with Gasteiger partial charge in [0.25, 0.3) is 11.5 Å². The molecule has 0 saturated heterocycles. The predicted molar refractivity (Wildman–Crippen MR) is 103 cm³/mol. The number of carbonyl (C=O) groups excluding carboxylic acids is 1. The molecule has 3 rings (SSSR count). The number of rotatable bonds is 6. The summed E-state index contributed by atoms with van der Waals surface area (Å²) in [5.41, 5.74) is 0.0277. The Hall–Kier alpha value is -3.69. The van der Waals surface area contributed by atoms with Gasteiger partial charge in [-0.2, -0.15) is 0 Å². The molecule has 1 N–H and O–H groups in total. The lowest BCUT2D eigenvalue weighted by atomic mass is 10.0. The molecule has 2 aromatic heterocycles. The molecule has 1 amide bonds. The number of aromatic nitrogens is 2. The lowest BCUT2D eigenvalue weighted by molar-refractivity contribution is -0.274. The van der Waals surface area contributed by atoms with Crippen molar-refractivity contribution < 1.29 is 27.1 Å². The SMILES string of the molecule is CCn1cc(C(=O)N[C@@H](c2ccc(OC(F)(F)F)cc2)c2ncccc2F)ccc1=O. The zero-order chi connectivity index (χ0) is 22.6. The van der Waals surface area contributed by atoms with Crippen molar-refractivity contribution in [3.05, 3.63) is 93.9 Å². The molecule has 10 heteroatoms. The number of pyridine rings is 2. The van der Waals surface area contributed by atoms with Crippen LogP contribution < -0.4 is 15.6 Å². The Bertz CT molecular complexity index is 1130. The number of nitrogens with zero attached hydrogens (tertiary/aromatic N) is 2. The molecular formula is C21H17F4N3O3. The number of halogens is 4. The Balaban J connectivity index is 1.95. The van der Waals surface area contributed by atoms with E-state index in [2.05, 4.69) is 15.0 Å². The van der Waals surface area contributed by atoms with Gasteiger partial charge in [0.05, 0.1) is 11.6 Å². The van der Waals surface area contributed by atoms with E-state index in [1.54, 1.807) is 6.92 Å². The highest BCUT2D eigenvalue weighted by Gasteiger charge is 2.31. The second-order valence-electron chi connectivity index (χ2n) is 6.44. The maximum Gasteiger partial charge on any atom is 0.573 e. The molecule has 0 aliphatic rings. The molecule has 1 atom stereocenters. The number of nitrogens with one attached hydrogen (secondary N) is 1. The molecule has 6 nitrogen and oxygen atoms in total. The van der Waals surface area contributed by atoms with Gasteiger partial charge < -0.3 is 14.6 Å². The number of hydrogen-bond donors (Lipinski definition) is 1. The lowest BCUT2D eigenvalue weighted by Gasteiger charge is -2.20. The minimum atomic E-state index is -4.86. The fraction of sp³-hybridized carbons (Fsp3) is 0.190. The highest BCUT2D eigenvalue weighted by molar-refractivity contribution is 5.94. The lowest BCUT2D eigenvalue weighted by Crippen LogP contribution is -2.32. The standard InChI is InChI=1S/C21H17F4N3O3/c1-2-28-12-14(7-10-17(28)29)20(30)27-18(19-16(22)4-3-11-26-19)13-5-8-15(9-6-13)31-21(23,24)25/h3-12,18H,2H2,1H3,(H,27,30)/t18-/m0/s1. The Morgan fingerprint density at radius 2 is 1.87 bits per heavy atom. The molecule has 0 bridgehead atoms. The molecule has 2 heterocycles. The van der Waals surface area contributed by atoms with Gasteiger partial charge in [0.2, 0.25) is 0 Å². The fourth-order valence-electron chi connectivity index (χ4n) is 2.91.